The van der Waals surface area contributed by atoms with Crippen LogP contribution in [0.4, 0.5) is 4.39 Å². The molecule has 4 atom stereocenters. The lowest BCUT2D eigenvalue weighted by atomic mass is 10.00. The summed E-state index contributed by atoms with van der Waals surface area (Å²) in [5.41, 5.74) is -1.45. The van der Waals surface area contributed by atoms with E-state index in [2.05, 4.69) is 11.9 Å². The molecule has 0 aromatic heterocycles. The molecule has 20 heavy (non-hydrogen) atoms. The molecule has 0 bridgehead atoms. The van der Waals surface area contributed by atoms with Crippen LogP contribution in [0.3, 0.4) is 0 Å². The minimum absolute atomic E-state index is 0.0440. The zero-order chi connectivity index (χ0) is 15.1. The molecular weight excluding hydrogens is 314 g/mol. The van der Waals surface area contributed by atoms with Crippen molar-refractivity contribution in [1.82, 2.24) is 10.2 Å². The van der Waals surface area contributed by atoms with Crippen LogP contribution in [0.2, 0.25) is 0 Å². The van der Waals surface area contributed by atoms with Gasteiger partial charge in [0.1, 0.15) is 22.9 Å². The number of aliphatic hydroxyl groups is 2. The number of carbonyl (C=O) groups is 1. The topological polar surface area (TPSA) is 82.0 Å². The first-order valence-electron chi connectivity index (χ1n) is 5.69. The van der Waals surface area contributed by atoms with Crippen LogP contribution in [-0.2, 0) is 9.53 Å². The van der Waals surface area contributed by atoms with Gasteiger partial charge in [-0.25, -0.2) is 0 Å². The molecule has 2 aliphatic rings. The molecule has 0 saturated carbocycles. The van der Waals surface area contributed by atoms with Crippen LogP contribution in [0, 0.1) is 0 Å². The highest BCUT2D eigenvalue weighted by Crippen LogP contribution is 2.38. The summed E-state index contributed by atoms with van der Waals surface area (Å²) in [6.07, 6.45) is -1.43. The van der Waals surface area contributed by atoms with Crippen LogP contribution >= 0.6 is 23.2 Å². The van der Waals surface area contributed by atoms with Crippen molar-refractivity contribution in [3.05, 3.63) is 24.4 Å². The molecule has 6 nitrogen and oxygen atoms in total. The lowest BCUT2D eigenvalue weighted by Gasteiger charge is -2.33. The highest BCUT2D eigenvalue weighted by atomic mass is 35.5. The molecule has 1 saturated heterocycles. The van der Waals surface area contributed by atoms with Crippen LogP contribution in [0.1, 0.15) is 0 Å². The van der Waals surface area contributed by atoms with Crippen molar-refractivity contribution in [3.63, 3.8) is 0 Å². The van der Waals surface area contributed by atoms with E-state index in [0.29, 0.717) is 0 Å². The summed E-state index contributed by atoms with van der Waals surface area (Å²) >= 11 is 11.8. The van der Waals surface area contributed by atoms with Gasteiger partial charge in [-0.15, -0.1) is 23.2 Å². The Morgan fingerprint density at radius 3 is 2.80 bits per heavy atom. The Bertz CT molecular complexity index is 469. The molecule has 0 unspecified atom stereocenters. The number of alkyl halides is 2. The monoisotopic (exact) mass is 326 g/mol. The van der Waals surface area contributed by atoms with Gasteiger partial charge in [-0.1, -0.05) is 6.58 Å². The average molecular weight is 327 g/mol. The number of hydrogen-bond donors (Lipinski definition) is 3. The van der Waals surface area contributed by atoms with Crippen LogP contribution in [-0.4, -0.2) is 56.8 Å². The van der Waals surface area contributed by atoms with E-state index in [4.69, 9.17) is 27.9 Å². The van der Waals surface area contributed by atoms with Crippen molar-refractivity contribution >= 4 is 29.1 Å². The molecule has 1 amide bonds. The van der Waals surface area contributed by atoms with Crippen LogP contribution < -0.4 is 5.32 Å². The summed E-state index contributed by atoms with van der Waals surface area (Å²) in [5.74, 6) is -2.14. The molecule has 3 N–H and O–H groups in total. The van der Waals surface area contributed by atoms with E-state index < -0.39 is 41.7 Å². The number of halogens is 3. The van der Waals surface area contributed by atoms with Crippen molar-refractivity contribution in [2.75, 3.05) is 12.5 Å². The molecule has 0 radical (unpaired) electrons. The van der Waals surface area contributed by atoms with Crippen LogP contribution in [0.15, 0.2) is 24.4 Å². The highest BCUT2D eigenvalue weighted by Gasteiger charge is 2.55. The maximum atomic E-state index is 13.4. The largest absolute Gasteiger partial charge is 0.393 e. The summed E-state index contributed by atoms with van der Waals surface area (Å²) in [7, 11) is 0. The number of rotatable bonds is 3. The van der Waals surface area contributed by atoms with E-state index in [-0.39, 0.29) is 11.7 Å². The van der Waals surface area contributed by atoms with Gasteiger partial charge in [-0.3, -0.25) is 4.79 Å². The Hall–Kier alpha value is -0.860. The third-order valence-electron chi connectivity index (χ3n) is 3.28. The van der Waals surface area contributed by atoms with Gasteiger partial charge in [-0.2, -0.15) is 4.39 Å². The van der Waals surface area contributed by atoms with Gasteiger partial charge in [-0.05, 0) is 0 Å². The number of nitrogens with zero attached hydrogens (tertiary/aromatic N) is 1. The van der Waals surface area contributed by atoms with Crippen molar-refractivity contribution < 1.29 is 24.1 Å². The van der Waals surface area contributed by atoms with Crippen molar-refractivity contribution in [3.8, 4) is 0 Å². The normalized spacial score (nSPS) is 38.0. The lowest BCUT2D eigenvalue weighted by molar-refractivity contribution is -0.127. The summed E-state index contributed by atoms with van der Waals surface area (Å²) in [5, 5.41) is 20.6. The minimum atomic E-state index is -1.45. The van der Waals surface area contributed by atoms with Gasteiger partial charge in [0.2, 0.25) is 5.83 Å². The van der Waals surface area contributed by atoms with Crippen LogP contribution in [0.25, 0.3) is 0 Å². The second-order valence-corrected chi connectivity index (χ2v) is 5.31. The molecule has 1 fully saturated rings. The second-order valence-electron chi connectivity index (χ2n) is 4.54. The molecule has 0 aliphatic carbocycles. The highest BCUT2D eigenvalue weighted by molar-refractivity contribution is 6.22. The van der Waals surface area contributed by atoms with Crippen LogP contribution in [0.5, 0.6) is 0 Å². The summed E-state index contributed by atoms with van der Waals surface area (Å²) < 4.78 is 18.9. The van der Waals surface area contributed by atoms with Gasteiger partial charge >= 0.3 is 0 Å². The molecule has 2 aliphatic heterocycles. The fourth-order valence-electron chi connectivity index (χ4n) is 2.06. The summed E-state index contributed by atoms with van der Waals surface area (Å²) in [4.78, 5) is 12.3. The first-order chi connectivity index (χ1) is 9.36. The maximum absolute atomic E-state index is 13.4. The predicted molar refractivity (Wildman–Crippen MR) is 69.4 cm³/mol. The Labute approximate surface area is 124 Å². The van der Waals surface area contributed by atoms with Gasteiger partial charge in [0.15, 0.2) is 6.23 Å². The Kier molecular flexibility index (Phi) is 4.27. The standard InChI is InChI=1S/C11H13Cl2FN2O4/c1-5-15-9(19)6(14)2-16(5)10-7(13)8(18)11(3-12,4-17)20-10/h2,7-8,10,17-18H,1,3-4H2,(H,15,19)/t7-,8+,10-,11-/m1/s1. The maximum Gasteiger partial charge on any atom is 0.287 e. The zero-order valence-corrected chi connectivity index (χ0v) is 11.7. The number of nitrogens with one attached hydrogen (secondary N) is 1. The SMILES string of the molecule is C=C1NC(=O)C(F)=CN1[C@@H]1O[C@@](CO)(CCl)[C@@H](O)[C@H]1Cl. The Morgan fingerprint density at radius 2 is 2.30 bits per heavy atom. The second kappa shape index (κ2) is 5.50. The molecular formula is C11H13Cl2FN2O4. The van der Waals surface area contributed by atoms with Crippen molar-refractivity contribution in [1.29, 1.82) is 0 Å². The molecule has 0 aromatic rings. The van der Waals surface area contributed by atoms with Gasteiger partial charge in [0.25, 0.3) is 5.91 Å². The molecule has 0 spiro atoms. The lowest BCUT2D eigenvalue weighted by Crippen LogP contribution is -2.47. The number of amides is 1. The minimum Gasteiger partial charge on any atom is -0.393 e. The van der Waals surface area contributed by atoms with Gasteiger partial charge in [0.05, 0.1) is 12.5 Å². The third-order valence-corrected chi connectivity index (χ3v) is 4.18. The van der Waals surface area contributed by atoms with E-state index in [1.807, 2.05) is 0 Å². The number of carbonyl (C=O) groups excluding carboxylic acids is 1. The fraction of sp³-hybridized carbons (Fsp3) is 0.545. The number of hydrogen-bond acceptors (Lipinski definition) is 5. The van der Waals surface area contributed by atoms with Crippen molar-refractivity contribution in [2.45, 2.75) is 23.3 Å². The van der Waals surface area contributed by atoms with Crippen molar-refractivity contribution in [2.24, 2.45) is 0 Å². The molecule has 0 aromatic carbocycles. The number of aliphatic hydroxyl groups excluding tert-OH is 2. The van der Waals surface area contributed by atoms with E-state index in [0.717, 1.165) is 11.1 Å². The Morgan fingerprint density at radius 1 is 1.65 bits per heavy atom. The average Bonchev–Trinajstić information content (AvgIpc) is 2.68. The summed E-state index contributed by atoms with van der Waals surface area (Å²) in [6, 6.07) is 0. The fourth-order valence-corrected chi connectivity index (χ4v) is 2.76. The van der Waals surface area contributed by atoms with E-state index in [1.54, 1.807) is 0 Å². The quantitative estimate of drug-likeness (QED) is 0.636. The molecule has 2 heterocycles. The van der Waals surface area contributed by atoms with E-state index >= 15 is 0 Å². The molecule has 112 valence electrons. The smallest absolute Gasteiger partial charge is 0.287 e. The van der Waals surface area contributed by atoms with Gasteiger partial charge in [0, 0.05) is 6.20 Å². The predicted octanol–water partition coefficient (Wildman–Crippen LogP) is -0.00520. The van der Waals surface area contributed by atoms with E-state index in [9.17, 15) is 19.4 Å². The molecule has 2 rings (SSSR count). The van der Waals surface area contributed by atoms with E-state index in [1.165, 1.54) is 0 Å². The van der Waals surface area contributed by atoms with Gasteiger partial charge < -0.3 is 25.2 Å². The first-order valence-corrected chi connectivity index (χ1v) is 6.66. The first kappa shape index (κ1) is 15.5. The zero-order valence-electron chi connectivity index (χ0n) is 10.2. The Balaban J connectivity index is 2.30. The third kappa shape index (κ3) is 2.29. The number of ether oxygens (including phenoxy) is 1. The summed E-state index contributed by atoms with van der Waals surface area (Å²) in [6.45, 7) is 2.99. The molecule has 9 heteroatoms.